The summed E-state index contributed by atoms with van der Waals surface area (Å²) >= 11 is 0. The molecule has 1 aromatic carbocycles. The first-order valence-electron chi connectivity index (χ1n) is 9.42. The van der Waals surface area contributed by atoms with Gasteiger partial charge in [-0.2, -0.15) is 0 Å². The van der Waals surface area contributed by atoms with Gasteiger partial charge in [-0.15, -0.1) is 0 Å². The summed E-state index contributed by atoms with van der Waals surface area (Å²) in [6.07, 6.45) is 10.6. The van der Waals surface area contributed by atoms with Crippen LogP contribution in [0, 0.1) is 6.92 Å². The van der Waals surface area contributed by atoms with E-state index in [0.29, 0.717) is 0 Å². The molecule has 0 N–H and O–H groups in total. The monoisotopic (exact) mass is 301 g/mol. The molecular weight excluding hydrogens is 278 g/mol. The van der Waals surface area contributed by atoms with Gasteiger partial charge >= 0.3 is 0 Å². The smallest absolute Gasteiger partial charge is 0.0705 e. The molecule has 4 aliphatic rings. The summed E-state index contributed by atoms with van der Waals surface area (Å²) in [4.78, 5) is 4.87. The fourth-order valence-corrected chi connectivity index (χ4v) is 6.28. The molecule has 3 unspecified atom stereocenters. The number of hydrogen-bond donors (Lipinski definition) is 0. The minimum Gasteiger partial charge on any atom is -0.256 e. The van der Waals surface area contributed by atoms with E-state index >= 15 is 0 Å². The minimum atomic E-state index is 0.814. The van der Waals surface area contributed by atoms with Crippen molar-refractivity contribution in [1.29, 1.82) is 0 Å². The third kappa shape index (κ3) is 1.61. The predicted octanol–water partition coefficient (Wildman–Crippen LogP) is 5.79. The summed E-state index contributed by atoms with van der Waals surface area (Å²) in [6.45, 7) is 2.32. The predicted molar refractivity (Wildman–Crippen MR) is 93.1 cm³/mol. The standard InChI is InChI=1S/C22H23N/c1-12-6-17(9-19-14-4-5-16(8-14)22(12)19)21-10-18-13-2-3-15(7-13)20(18)11-23-21/h6,9-11,13-16H,2-5,7-8H2,1H3/t13-,14?,15?,16?/m0/s1. The number of nitrogens with zero attached hydrogens (tertiary/aromatic N) is 1. The van der Waals surface area contributed by atoms with Crippen molar-refractivity contribution in [2.75, 3.05) is 0 Å². The van der Waals surface area contributed by atoms with Crippen LogP contribution in [-0.4, -0.2) is 4.98 Å². The SMILES string of the molecule is Cc1cc(-c2cc3c(cn2)C2CC[C@H]3C2)cc2c1C1CCC2C1. The molecule has 4 bridgehead atoms. The molecule has 0 aliphatic heterocycles. The van der Waals surface area contributed by atoms with Crippen molar-refractivity contribution in [3.05, 3.63) is 52.2 Å². The maximum atomic E-state index is 4.87. The molecule has 23 heavy (non-hydrogen) atoms. The molecular formula is C22H23N. The molecule has 6 rings (SSSR count). The molecule has 4 aliphatic carbocycles. The average Bonchev–Trinajstić information content (AvgIpc) is 3.34. The largest absolute Gasteiger partial charge is 0.256 e. The van der Waals surface area contributed by atoms with Crippen molar-refractivity contribution in [3.8, 4) is 11.3 Å². The number of fused-ring (bicyclic) bond motifs is 10. The van der Waals surface area contributed by atoms with Gasteiger partial charge in [0.2, 0.25) is 0 Å². The zero-order valence-corrected chi connectivity index (χ0v) is 13.8. The highest BCUT2D eigenvalue weighted by Crippen LogP contribution is 2.55. The van der Waals surface area contributed by atoms with Gasteiger partial charge in [0.1, 0.15) is 0 Å². The van der Waals surface area contributed by atoms with Gasteiger partial charge in [-0.1, -0.05) is 0 Å². The highest BCUT2D eigenvalue weighted by Gasteiger charge is 2.39. The molecule has 2 saturated carbocycles. The quantitative estimate of drug-likeness (QED) is 0.650. The summed E-state index contributed by atoms with van der Waals surface area (Å²) in [5.74, 6) is 3.32. The Kier molecular flexibility index (Phi) is 2.36. The van der Waals surface area contributed by atoms with Gasteiger partial charge in [-0.25, -0.2) is 0 Å². The van der Waals surface area contributed by atoms with E-state index in [1.54, 1.807) is 22.3 Å². The summed E-state index contributed by atoms with van der Waals surface area (Å²) in [6, 6.07) is 7.31. The molecule has 0 amide bonds. The number of pyridine rings is 1. The van der Waals surface area contributed by atoms with Crippen molar-refractivity contribution in [2.45, 2.75) is 69.1 Å². The molecule has 1 nitrogen and oxygen atoms in total. The van der Waals surface area contributed by atoms with Crippen LogP contribution in [0.4, 0.5) is 0 Å². The Labute approximate surface area is 138 Å². The molecule has 1 heteroatoms. The normalized spacial score (nSPS) is 32.4. The lowest BCUT2D eigenvalue weighted by Crippen LogP contribution is -2.03. The van der Waals surface area contributed by atoms with E-state index in [4.69, 9.17) is 4.98 Å². The van der Waals surface area contributed by atoms with E-state index < -0.39 is 0 Å². The van der Waals surface area contributed by atoms with E-state index in [2.05, 4.69) is 31.3 Å². The fourth-order valence-electron chi connectivity index (χ4n) is 6.28. The van der Waals surface area contributed by atoms with Crippen LogP contribution in [0.1, 0.15) is 90.0 Å². The van der Waals surface area contributed by atoms with Crippen LogP contribution in [0.2, 0.25) is 0 Å². The van der Waals surface area contributed by atoms with E-state index in [1.807, 2.05) is 0 Å². The molecule has 2 fully saturated rings. The Bertz CT molecular complexity index is 834. The van der Waals surface area contributed by atoms with E-state index in [0.717, 1.165) is 23.7 Å². The second kappa shape index (κ2) is 4.26. The lowest BCUT2D eigenvalue weighted by molar-refractivity contribution is 0.712. The molecule has 4 atom stereocenters. The Balaban J connectivity index is 1.49. The van der Waals surface area contributed by atoms with Crippen LogP contribution in [0.3, 0.4) is 0 Å². The first-order chi connectivity index (χ1) is 11.3. The van der Waals surface area contributed by atoms with Crippen molar-refractivity contribution in [1.82, 2.24) is 4.98 Å². The lowest BCUT2D eigenvalue weighted by atomic mass is 9.86. The van der Waals surface area contributed by atoms with Crippen LogP contribution >= 0.6 is 0 Å². The van der Waals surface area contributed by atoms with Gasteiger partial charge in [0.25, 0.3) is 0 Å². The summed E-state index contributed by atoms with van der Waals surface area (Å²) in [5, 5.41) is 0. The molecule has 0 saturated heterocycles. The van der Waals surface area contributed by atoms with Crippen molar-refractivity contribution in [3.63, 3.8) is 0 Å². The van der Waals surface area contributed by atoms with Crippen molar-refractivity contribution < 1.29 is 0 Å². The van der Waals surface area contributed by atoms with E-state index in [9.17, 15) is 0 Å². The van der Waals surface area contributed by atoms with Gasteiger partial charge < -0.3 is 0 Å². The van der Waals surface area contributed by atoms with Crippen LogP contribution in [0.25, 0.3) is 11.3 Å². The topological polar surface area (TPSA) is 12.9 Å². The number of aromatic nitrogens is 1. The zero-order valence-electron chi connectivity index (χ0n) is 13.8. The van der Waals surface area contributed by atoms with Gasteiger partial charge in [0.15, 0.2) is 0 Å². The molecule has 0 radical (unpaired) electrons. The van der Waals surface area contributed by atoms with Crippen LogP contribution in [0.5, 0.6) is 0 Å². The van der Waals surface area contributed by atoms with Gasteiger partial charge in [0.05, 0.1) is 5.69 Å². The maximum Gasteiger partial charge on any atom is 0.0705 e. The van der Waals surface area contributed by atoms with Crippen LogP contribution < -0.4 is 0 Å². The highest BCUT2D eigenvalue weighted by molar-refractivity contribution is 5.66. The Morgan fingerprint density at radius 2 is 1.48 bits per heavy atom. The van der Waals surface area contributed by atoms with Crippen LogP contribution in [0.15, 0.2) is 24.4 Å². The Morgan fingerprint density at radius 1 is 0.783 bits per heavy atom. The summed E-state index contributed by atoms with van der Waals surface area (Å²) < 4.78 is 0. The van der Waals surface area contributed by atoms with E-state index in [1.165, 1.54) is 55.3 Å². The maximum absolute atomic E-state index is 4.87. The molecule has 116 valence electrons. The van der Waals surface area contributed by atoms with E-state index in [-0.39, 0.29) is 0 Å². The third-order valence-corrected chi connectivity index (χ3v) is 7.28. The number of benzene rings is 1. The number of aryl methyl sites for hydroxylation is 1. The average molecular weight is 301 g/mol. The highest BCUT2D eigenvalue weighted by atomic mass is 14.7. The Morgan fingerprint density at radius 3 is 2.35 bits per heavy atom. The molecule has 1 aromatic heterocycles. The lowest BCUT2D eigenvalue weighted by Gasteiger charge is -2.20. The summed E-state index contributed by atoms with van der Waals surface area (Å²) in [7, 11) is 0. The number of rotatable bonds is 1. The first-order valence-corrected chi connectivity index (χ1v) is 9.42. The summed E-state index contributed by atoms with van der Waals surface area (Å²) in [5.41, 5.74) is 10.6. The second-order valence-corrected chi connectivity index (χ2v) is 8.41. The Hall–Kier alpha value is -1.63. The van der Waals surface area contributed by atoms with Gasteiger partial charge in [-0.3, -0.25) is 4.98 Å². The molecule has 0 spiro atoms. The first kappa shape index (κ1) is 12.8. The van der Waals surface area contributed by atoms with Gasteiger partial charge in [0, 0.05) is 11.8 Å². The number of hydrogen-bond acceptors (Lipinski definition) is 1. The van der Waals surface area contributed by atoms with Crippen molar-refractivity contribution >= 4 is 0 Å². The van der Waals surface area contributed by atoms with Gasteiger partial charge in [-0.05, 0) is 115 Å². The van der Waals surface area contributed by atoms with Crippen molar-refractivity contribution in [2.24, 2.45) is 0 Å². The molecule has 1 heterocycles. The minimum absolute atomic E-state index is 0.814. The second-order valence-electron chi connectivity index (χ2n) is 8.41. The zero-order chi connectivity index (χ0) is 15.1. The fraction of sp³-hybridized carbons (Fsp3) is 0.500. The third-order valence-electron chi connectivity index (χ3n) is 7.28. The van der Waals surface area contributed by atoms with Crippen LogP contribution in [-0.2, 0) is 0 Å². The molecule has 2 aromatic rings.